The Labute approximate surface area is 113 Å². The Morgan fingerprint density at radius 1 is 1.28 bits per heavy atom. The first-order valence-electron chi connectivity index (χ1n) is 6.41. The number of carbonyl (C=O) groups excluding carboxylic acids is 1. The van der Waals surface area contributed by atoms with Gasteiger partial charge in [0.1, 0.15) is 0 Å². The van der Waals surface area contributed by atoms with E-state index in [4.69, 9.17) is 0 Å². The highest BCUT2D eigenvalue weighted by Gasteiger charge is 2.28. The summed E-state index contributed by atoms with van der Waals surface area (Å²) < 4.78 is 0. The molecule has 1 aliphatic carbocycles. The Bertz CT molecular complexity index is 387. The molecule has 0 aromatic heterocycles. The van der Waals surface area contributed by atoms with Gasteiger partial charge in [-0.05, 0) is 36.8 Å². The number of amides is 1. The van der Waals surface area contributed by atoms with Crippen LogP contribution in [0.2, 0.25) is 0 Å². The fourth-order valence-corrected chi connectivity index (χ4v) is 2.15. The number of hydrogen-bond acceptors (Lipinski definition) is 3. The maximum atomic E-state index is 11.4. The summed E-state index contributed by atoms with van der Waals surface area (Å²) in [6.45, 7) is 2.40. The first-order chi connectivity index (χ1) is 8.79. The van der Waals surface area contributed by atoms with E-state index in [0.717, 1.165) is 32.5 Å². The molecule has 2 rings (SSSR count). The van der Waals surface area contributed by atoms with E-state index in [2.05, 4.69) is 41.2 Å². The highest BCUT2D eigenvalue weighted by atomic mass is 32.2. The second kappa shape index (κ2) is 6.81. The van der Waals surface area contributed by atoms with E-state index in [1.54, 1.807) is 11.8 Å². The summed E-state index contributed by atoms with van der Waals surface area (Å²) in [6, 6.07) is 8.55. The third kappa shape index (κ3) is 4.35. The van der Waals surface area contributed by atoms with Gasteiger partial charge in [0.05, 0.1) is 0 Å². The van der Waals surface area contributed by atoms with Crippen LogP contribution >= 0.6 is 11.8 Å². The first-order valence-corrected chi connectivity index (χ1v) is 7.63. The van der Waals surface area contributed by atoms with Crippen LogP contribution in [-0.2, 0) is 11.3 Å². The molecule has 0 radical (unpaired) electrons. The Morgan fingerprint density at radius 2 is 2.00 bits per heavy atom. The van der Waals surface area contributed by atoms with Gasteiger partial charge in [-0.1, -0.05) is 12.1 Å². The number of hydrogen-bond donors (Lipinski definition) is 2. The van der Waals surface area contributed by atoms with Crippen molar-refractivity contribution in [2.45, 2.75) is 24.3 Å². The van der Waals surface area contributed by atoms with Crippen molar-refractivity contribution in [1.82, 2.24) is 10.6 Å². The fraction of sp³-hybridized carbons (Fsp3) is 0.500. The third-order valence-electron chi connectivity index (χ3n) is 3.04. The quantitative estimate of drug-likeness (QED) is 0.585. The average molecular weight is 264 g/mol. The van der Waals surface area contributed by atoms with Crippen molar-refractivity contribution in [3.8, 4) is 0 Å². The molecule has 1 fully saturated rings. The minimum atomic E-state index is 0.223. The molecule has 0 saturated heterocycles. The molecule has 18 heavy (non-hydrogen) atoms. The van der Waals surface area contributed by atoms with Crippen molar-refractivity contribution >= 4 is 17.7 Å². The Kier molecular flexibility index (Phi) is 5.08. The lowest BCUT2D eigenvalue weighted by Gasteiger charge is -2.07. The molecule has 0 aliphatic heterocycles. The van der Waals surface area contributed by atoms with Crippen LogP contribution in [0.1, 0.15) is 18.4 Å². The van der Waals surface area contributed by atoms with Crippen molar-refractivity contribution in [1.29, 1.82) is 0 Å². The largest absolute Gasteiger partial charge is 0.355 e. The molecule has 0 bridgehead atoms. The van der Waals surface area contributed by atoms with Gasteiger partial charge in [-0.25, -0.2) is 0 Å². The maximum absolute atomic E-state index is 11.4. The van der Waals surface area contributed by atoms with Crippen LogP contribution < -0.4 is 10.6 Å². The Hall–Kier alpha value is -1.00. The van der Waals surface area contributed by atoms with Crippen molar-refractivity contribution in [3.05, 3.63) is 29.8 Å². The molecule has 98 valence electrons. The van der Waals surface area contributed by atoms with Crippen molar-refractivity contribution in [3.63, 3.8) is 0 Å². The molecular weight excluding hydrogens is 244 g/mol. The molecule has 1 aromatic carbocycles. The summed E-state index contributed by atoms with van der Waals surface area (Å²) in [5, 5.41) is 6.28. The second-order valence-corrected chi connectivity index (χ2v) is 5.47. The lowest BCUT2D eigenvalue weighted by atomic mass is 10.2. The number of benzene rings is 1. The predicted molar refractivity (Wildman–Crippen MR) is 75.7 cm³/mol. The second-order valence-electron chi connectivity index (χ2n) is 4.59. The van der Waals surface area contributed by atoms with E-state index in [1.165, 1.54) is 10.5 Å². The van der Waals surface area contributed by atoms with Crippen LogP contribution in [0.3, 0.4) is 0 Å². The Morgan fingerprint density at radius 3 is 2.61 bits per heavy atom. The van der Waals surface area contributed by atoms with E-state index >= 15 is 0 Å². The topological polar surface area (TPSA) is 41.1 Å². The molecule has 1 saturated carbocycles. The molecule has 4 heteroatoms. The fourth-order valence-electron chi connectivity index (χ4n) is 1.74. The Balaban J connectivity index is 1.57. The zero-order valence-electron chi connectivity index (χ0n) is 10.7. The zero-order valence-corrected chi connectivity index (χ0v) is 11.6. The minimum absolute atomic E-state index is 0.223. The summed E-state index contributed by atoms with van der Waals surface area (Å²) >= 11 is 1.75. The molecule has 0 heterocycles. The van der Waals surface area contributed by atoms with E-state index in [9.17, 15) is 4.79 Å². The molecular formula is C14H20N2OS. The summed E-state index contributed by atoms with van der Waals surface area (Å²) in [6.07, 6.45) is 4.22. The van der Waals surface area contributed by atoms with Crippen LogP contribution in [0.4, 0.5) is 0 Å². The van der Waals surface area contributed by atoms with Gasteiger partial charge >= 0.3 is 0 Å². The average Bonchev–Trinajstić information content (AvgIpc) is 3.23. The van der Waals surface area contributed by atoms with E-state index in [1.807, 2.05) is 0 Å². The van der Waals surface area contributed by atoms with Crippen molar-refractivity contribution < 1.29 is 4.79 Å². The van der Waals surface area contributed by atoms with Gasteiger partial charge in [0.25, 0.3) is 0 Å². The standard InChI is InChI=1S/C14H20N2OS/c1-18-13-6-2-11(3-7-13)10-15-8-9-16-14(17)12-4-5-12/h2-3,6-7,12,15H,4-5,8-10H2,1H3,(H,16,17). The summed E-state index contributed by atoms with van der Waals surface area (Å²) in [4.78, 5) is 12.7. The van der Waals surface area contributed by atoms with Crippen LogP contribution in [0, 0.1) is 5.92 Å². The molecule has 3 nitrogen and oxygen atoms in total. The lowest BCUT2D eigenvalue weighted by Crippen LogP contribution is -2.32. The normalized spacial score (nSPS) is 14.5. The maximum Gasteiger partial charge on any atom is 0.223 e. The van der Waals surface area contributed by atoms with Crippen LogP contribution in [0.15, 0.2) is 29.2 Å². The monoisotopic (exact) mass is 264 g/mol. The molecule has 0 atom stereocenters. The first kappa shape index (κ1) is 13.4. The molecule has 0 unspecified atom stereocenters. The minimum Gasteiger partial charge on any atom is -0.355 e. The number of carbonyl (C=O) groups is 1. The van der Waals surface area contributed by atoms with Gasteiger partial charge in [0.2, 0.25) is 5.91 Å². The highest BCUT2D eigenvalue weighted by molar-refractivity contribution is 7.98. The van der Waals surface area contributed by atoms with Crippen LogP contribution in [0.5, 0.6) is 0 Å². The molecule has 1 aromatic rings. The van der Waals surface area contributed by atoms with Gasteiger partial charge in [-0.3, -0.25) is 4.79 Å². The van der Waals surface area contributed by atoms with Crippen molar-refractivity contribution in [2.75, 3.05) is 19.3 Å². The third-order valence-corrected chi connectivity index (χ3v) is 3.78. The molecule has 1 aliphatic rings. The van der Waals surface area contributed by atoms with Gasteiger partial charge < -0.3 is 10.6 Å². The number of nitrogens with one attached hydrogen (secondary N) is 2. The van der Waals surface area contributed by atoms with Crippen LogP contribution in [0.25, 0.3) is 0 Å². The van der Waals surface area contributed by atoms with E-state index in [0.29, 0.717) is 5.92 Å². The van der Waals surface area contributed by atoms with Gasteiger partial charge in [0, 0.05) is 30.4 Å². The molecule has 1 amide bonds. The summed E-state index contributed by atoms with van der Waals surface area (Å²) in [7, 11) is 0. The lowest BCUT2D eigenvalue weighted by molar-refractivity contribution is -0.122. The van der Waals surface area contributed by atoms with Gasteiger partial charge in [-0.2, -0.15) is 0 Å². The summed E-state index contributed by atoms with van der Waals surface area (Å²) in [5.74, 6) is 0.533. The van der Waals surface area contributed by atoms with Crippen molar-refractivity contribution in [2.24, 2.45) is 5.92 Å². The highest BCUT2D eigenvalue weighted by Crippen LogP contribution is 2.28. The molecule has 2 N–H and O–H groups in total. The van der Waals surface area contributed by atoms with Crippen LogP contribution in [-0.4, -0.2) is 25.3 Å². The number of rotatable bonds is 7. The predicted octanol–water partition coefficient (Wildman–Crippen LogP) is 2.02. The smallest absolute Gasteiger partial charge is 0.223 e. The van der Waals surface area contributed by atoms with E-state index < -0.39 is 0 Å². The van der Waals surface area contributed by atoms with Gasteiger partial charge in [0.15, 0.2) is 0 Å². The SMILES string of the molecule is CSc1ccc(CNCCNC(=O)C2CC2)cc1. The zero-order chi connectivity index (χ0) is 12.8. The van der Waals surface area contributed by atoms with E-state index in [-0.39, 0.29) is 5.91 Å². The number of thioether (sulfide) groups is 1. The molecule has 0 spiro atoms. The van der Waals surface area contributed by atoms with Gasteiger partial charge in [-0.15, -0.1) is 11.8 Å². The summed E-state index contributed by atoms with van der Waals surface area (Å²) in [5.41, 5.74) is 1.28.